The Morgan fingerprint density at radius 2 is 1.53 bits per heavy atom. The van der Waals surface area contributed by atoms with Gasteiger partial charge in [-0.2, -0.15) is 0 Å². The van der Waals surface area contributed by atoms with Gasteiger partial charge in [0, 0.05) is 0 Å². The lowest BCUT2D eigenvalue weighted by Gasteiger charge is -2.25. The van der Waals surface area contributed by atoms with Crippen molar-refractivity contribution in [2.45, 2.75) is 6.92 Å². The summed E-state index contributed by atoms with van der Waals surface area (Å²) in [5.41, 5.74) is 6.90. The second-order valence-electron chi connectivity index (χ2n) is 3.82. The molecule has 0 aromatic heterocycles. The molecule has 15 heavy (non-hydrogen) atoms. The maximum Gasteiger partial charge on any atom is -0.00265 e. The third-order valence-corrected chi connectivity index (χ3v) is 2.93. The van der Waals surface area contributed by atoms with E-state index in [2.05, 4.69) is 61.5 Å². The topological polar surface area (TPSA) is 0 Å². The Morgan fingerprint density at radius 1 is 0.800 bits per heavy atom. The molecule has 0 saturated carbocycles. The lowest BCUT2D eigenvalue weighted by atomic mass is 9.78. The quantitative estimate of drug-likeness (QED) is 0.537. The van der Waals surface area contributed by atoms with Gasteiger partial charge < -0.3 is 0 Å². The molecule has 2 aromatic carbocycles. The summed E-state index contributed by atoms with van der Waals surface area (Å²) in [5, 5.41) is 0. The van der Waals surface area contributed by atoms with Crippen LogP contribution in [0.4, 0.5) is 0 Å². The van der Waals surface area contributed by atoms with Crippen LogP contribution in [-0.4, -0.2) is 0 Å². The molecule has 0 atom stereocenters. The average Bonchev–Trinajstić information content (AvgIpc) is 2.26. The average molecular weight is 192 g/mol. The lowest BCUT2D eigenvalue weighted by molar-refractivity contribution is 1.50. The predicted octanol–water partition coefficient (Wildman–Crippen LogP) is 4.37. The molecule has 0 bridgehead atoms. The molecule has 1 aliphatic rings. The Balaban J connectivity index is 2.25. The molecule has 72 valence electrons. The molecule has 2 aromatic rings. The van der Waals surface area contributed by atoms with Crippen LogP contribution >= 0.6 is 0 Å². The van der Waals surface area contributed by atoms with Crippen LogP contribution in [0.1, 0.15) is 12.5 Å². The van der Waals surface area contributed by atoms with Crippen LogP contribution in [0.3, 0.4) is 0 Å². The lowest BCUT2D eigenvalue weighted by Crippen LogP contribution is -1.99. The van der Waals surface area contributed by atoms with E-state index in [0.717, 1.165) is 0 Å². The monoisotopic (exact) mass is 192 g/mol. The summed E-state index contributed by atoms with van der Waals surface area (Å²) in [6.07, 6.45) is 4.27. The largest absolute Gasteiger partial charge is 0.0870 e. The normalized spacial score (nSPS) is 12.1. The summed E-state index contributed by atoms with van der Waals surface area (Å²) in [7, 11) is 0. The van der Waals surface area contributed by atoms with E-state index in [1.807, 2.05) is 0 Å². The number of hydrogen-bond donors (Lipinski definition) is 0. The Morgan fingerprint density at radius 3 is 2.33 bits per heavy atom. The van der Waals surface area contributed by atoms with Crippen LogP contribution in [0.25, 0.3) is 28.3 Å². The fourth-order valence-electron chi connectivity index (χ4n) is 2.29. The van der Waals surface area contributed by atoms with Crippen molar-refractivity contribution >= 4 is 6.08 Å². The van der Waals surface area contributed by atoms with Crippen LogP contribution in [0, 0.1) is 0 Å². The van der Waals surface area contributed by atoms with Gasteiger partial charge in [0.2, 0.25) is 0 Å². The van der Waals surface area contributed by atoms with Crippen molar-refractivity contribution in [2.24, 2.45) is 0 Å². The first-order valence-electron chi connectivity index (χ1n) is 5.27. The fraction of sp³-hybridized carbons (Fsp3) is 0.0667. The molecule has 0 N–H and O–H groups in total. The molecule has 0 spiro atoms. The Hall–Kier alpha value is -1.82. The third-order valence-electron chi connectivity index (χ3n) is 2.93. The predicted molar refractivity (Wildman–Crippen MR) is 65.6 cm³/mol. The number of hydrogen-bond acceptors (Lipinski definition) is 0. The SMILES string of the molecule is CC=Cc1cccc2c1-c1ccccc1-2. The maximum atomic E-state index is 2.20. The number of benzene rings is 2. The minimum atomic E-state index is 1.33. The number of fused-ring (bicyclic) bond motifs is 4. The zero-order valence-corrected chi connectivity index (χ0v) is 8.70. The van der Waals surface area contributed by atoms with Crippen molar-refractivity contribution in [1.82, 2.24) is 0 Å². The smallest absolute Gasteiger partial charge is 0.00265 e. The Kier molecular flexibility index (Phi) is 1.75. The van der Waals surface area contributed by atoms with E-state index in [4.69, 9.17) is 0 Å². The highest BCUT2D eigenvalue weighted by atomic mass is 14.3. The van der Waals surface area contributed by atoms with Crippen molar-refractivity contribution in [2.75, 3.05) is 0 Å². The highest BCUT2D eigenvalue weighted by molar-refractivity contribution is 6.05. The molecule has 1 aliphatic carbocycles. The summed E-state index contributed by atoms with van der Waals surface area (Å²) in [6, 6.07) is 15.1. The molecular weight excluding hydrogens is 180 g/mol. The molecule has 0 heteroatoms. The zero-order chi connectivity index (χ0) is 10.3. The van der Waals surface area contributed by atoms with Gasteiger partial charge in [0.05, 0.1) is 0 Å². The molecule has 0 aliphatic heterocycles. The van der Waals surface area contributed by atoms with E-state index in [0.29, 0.717) is 0 Å². The van der Waals surface area contributed by atoms with Gasteiger partial charge in [-0.3, -0.25) is 0 Å². The van der Waals surface area contributed by atoms with E-state index >= 15 is 0 Å². The van der Waals surface area contributed by atoms with E-state index in [1.54, 1.807) is 0 Å². The standard InChI is InChI=1S/C15H12/c1-2-6-11-7-5-10-14-12-8-3-4-9-13(12)15(11)14/h2-10H,1H3. The van der Waals surface area contributed by atoms with Crippen molar-refractivity contribution in [3.05, 3.63) is 54.1 Å². The number of allylic oxidation sites excluding steroid dienone is 1. The van der Waals surface area contributed by atoms with Gasteiger partial charge in [0.25, 0.3) is 0 Å². The maximum absolute atomic E-state index is 2.20. The molecular formula is C15H12. The minimum absolute atomic E-state index is 1.33. The second-order valence-corrected chi connectivity index (χ2v) is 3.82. The first-order valence-corrected chi connectivity index (χ1v) is 5.27. The molecule has 0 radical (unpaired) electrons. The van der Waals surface area contributed by atoms with Gasteiger partial charge in [-0.15, -0.1) is 0 Å². The first-order chi connectivity index (χ1) is 7.42. The Labute approximate surface area is 89.9 Å². The van der Waals surface area contributed by atoms with Gasteiger partial charge in [-0.25, -0.2) is 0 Å². The van der Waals surface area contributed by atoms with Crippen molar-refractivity contribution in [3.63, 3.8) is 0 Å². The third kappa shape index (κ3) is 1.08. The highest BCUT2D eigenvalue weighted by Crippen LogP contribution is 2.48. The molecule has 0 heterocycles. The second kappa shape index (κ2) is 3.09. The van der Waals surface area contributed by atoms with E-state index in [-0.39, 0.29) is 0 Å². The fourth-order valence-corrected chi connectivity index (χ4v) is 2.29. The van der Waals surface area contributed by atoms with Crippen LogP contribution in [0.2, 0.25) is 0 Å². The first kappa shape index (κ1) is 8.49. The van der Waals surface area contributed by atoms with Gasteiger partial charge in [-0.1, -0.05) is 54.6 Å². The van der Waals surface area contributed by atoms with Gasteiger partial charge in [-0.05, 0) is 34.7 Å². The summed E-state index contributed by atoms with van der Waals surface area (Å²) in [6.45, 7) is 2.06. The molecule has 0 nitrogen and oxygen atoms in total. The van der Waals surface area contributed by atoms with Crippen LogP contribution in [0.5, 0.6) is 0 Å². The minimum Gasteiger partial charge on any atom is -0.0870 e. The summed E-state index contributed by atoms with van der Waals surface area (Å²) < 4.78 is 0. The van der Waals surface area contributed by atoms with E-state index in [1.165, 1.54) is 27.8 Å². The van der Waals surface area contributed by atoms with Crippen LogP contribution in [0.15, 0.2) is 48.5 Å². The van der Waals surface area contributed by atoms with Crippen LogP contribution in [-0.2, 0) is 0 Å². The van der Waals surface area contributed by atoms with Crippen molar-refractivity contribution in [1.29, 1.82) is 0 Å². The molecule has 0 saturated heterocycles. The molecule has 3 rings (SSSR count). The highest BCUT2D eigenvalue weighted by Gasteiger charge is 2.22. The summed E-state index contributed by atoms with van der Waals surface area (Å²) in [4.78, 5) is 0. The van der Waals surface area contributed by atoms with Crippen LogP contribution < -0.4 is 0 Å². The van der Waals surface area contributed by atoms with E-state index in [9.17, 15) is 0 Å². The molecule has 0 amide bonds. The molecule has 0 unspecified atom stereocenters. The summed E-state index contributed by atoms with van der Waals surface area (Å²) >= 11 is 0. The van der Waals surface area contributed by atoms with Crippen molar-refractivity contribution in [3.8, 4) is 22.3 Å². The zero-order valence-electron chi connectivity index (χ0n) is 8.70. The van der Waals surface area contributed by atoms with Crippen molar-refractivity contribution < 1.29 is 0 Å². The Bertz CT molecular complexity index is 548. The van der Waals surface area contributed by atoms with Gasteiger partial charge >= 0.3 is 0 Å². The molecule has 0 fully saturated rings. The number of rotatable bonds is 1. The van der Waals surface area contributed by atoms with E-state index < -0.39 is 0 Å². The van der Waals surface area contributed by atoms with Gasteiger partial charge in [0.15, 0.2) is 0 Å². The summed E-state index contributed by atoms with van der Waals surface area (Å²) in [5.74, 6) is 0. The van der Waals surface area contributed by atoms with Gasteiger partial charge in [0.1, 0.15) is 0 Å².